The van der Waals surface area contributed by atoms with E-state index >= 15 is 0 Å². The Balaban J connectivity index is 2.17. The van der Waals surface area contributed by atoms with Gasteiger partial charge in [-0.1, -0.05) is 18.2 Å². The zero-order valence-electron chi connectivity index (χ0n) is 12.9. The summed E-state index contributed by atoms with van der Waals surface area (Å²) in [7, 11) is 0. The second kappa shape index (κ2) is 6.37. The molecule has 3 N–H and O–H groups in total. The number of esters is 1. The van der Waals surface area contributed by atoms with Gasteiger partial charge in [-0.2, -0.15) is 5.10 Å². The molecule has 0 fully saturated rings. The van der Waals surface area contributed by atoms with Crippen LogP contribution in [0.3, 0.4) is 0 Å². The fourth-order valence-electron chi connectivity index (χ4n) is 2.22. The molecule has 0 unspecified atom stereocenters. The number of anilines is 1. The number of nitrogens with zero attached hydrogens (tertiary/aromatic N) is 4. The minimum atomic E-state index is -0.732. The maximum atomic E-state index is 11.9. The van der Waals surface area contributed by atoms with E-state index in [4.69, 9.17) is 10.5 Å². The number of nitrogen functional groups attached to an aromatic ring is 1. The molecular weight excluding hydrogens is 310 g/mol. The van der Waals surface area contributed by atoms with Crippen LogP contribution in [0.1, 0.15) is 12.7 Å². The molecule has 0 bridgehead atoms. The SMILES string of the molecule is CCOC(=O)/C(=C\O)c1nc(N)c2cnn(-c3ccccc3)c2n1. The molecule has 2 aromatic heterocycles. The summed E-state index contributed by atoms with van der Waals surface area (Å²) in [6.07, 6.45) is 2.16. The van der Waals surface area contributed by atoms with E-state index in [1.54, 1.807) is 17.8 Å². The summed E-state index contributed by atoms with van der Waals surface area (Å²) in [5.41, 5.74) is 6.98. The van der Waals surface area contributed by atoms with Gasteiger partial charge < -0.3 is 15.6 Å². The third-order valence-electron chi connectivity index (χ3n) is 3.32. The van der Waals surface area contributed by atoms with Gasteiger partial charge in [-0.3, -0.25) is 0 Å². The van der Waals surface area contributed by atoms with Gasteiger partial charge in [-0.15, -0.1) is 0 Å². The van der Waals surface area contributed by atoms with Gasteiger partial charge in [0, 0.05) is 0 Å². The Hall–Kier alpha value is -3.42. The van der Waals surface area contributed by atoms with Gasteiger partial charge in [0.05, 0.1) is 30.1 Å². The maximum Gasteiger partial charge on any atom is 0.345 e. The lowest BCUT2D eigenvalue weighted by molar-refractivity contribution is -0.136. The number of carbonyl (C=O) groups is 1. The molecule has 8 nitrogen and oxygen atoms in total. The van der Waals surface area contributed by atoms with E-state index in [1.165, 1.54) is 0 Å². The molecule has 3 aromatic rings. The van der Waals surface area contributed by atoms with Crippen molar-refractivity contribution in [3.8, 4) is 5.69 Å². The van der Waals surface area contributed by atoms with E-state index < -0.39 is 5.97 Å². The molecule has 24 heavy (non-hydrogen) atoms. The molecule has 0 spiro atoms. The van der Waals surface area contributed by atoms with Crippen LogP contribution < -0.4 is 5.73 Å². The van der Waals surface area contributed by atoms with Crippen LogP contribution in [0, 0.1) is 0 Å². The van der Waals surface area contributed by atoms with Crippen molar-refractivity contribution >= 4 is 28.4 Å². The van der Waals surface area contributed by atoms with Gasteiger partial charge in [0.2, 0.25) is 0 Å². The first-order valence-corrected chi connectivity index (χ1v) is 7.24. The van der Waals surface area contributed by atoms with Crippen LogP contribution in [0.4, 0.5) is 5.82 Å². The number of aliphatic hydroxyl groups excluding tert-OH is 1. The number of aliphatic hydroxyl groups is 1. The Morgan fingerprint density at radius 1 is 1.33 bits per heavy atom. The first-order chi connectivity index (χ1) is 11.7. The zero-order chi connectivity index (χ0) is 17.1. The number of para-hydroxylation sites is 1. The summed E-state index contributed by atoms with van der Waals surface area (Å²) in [6, 6.07) is 9.34. The van der Waals surface area contributed by atoms with E-state index in [0.29, 0.717) is 17.3 Å². The summed E-state index contributed by atoms with van der Waals surface area (Å²) >= 11 is 0. The van der Waals surface area contributed by atoms with E-state index in [0.717, 1.165) is 5.69 Å². The van der Waals surface area contributed by atoms with Crippen LogP contribution in [0.15, 0.2) is 42.8 Å². The normalized spacial score (nSPS) is 11.6. The highest BCUT2D eigenvalue weighted by Crippen LogP contribution is 2.23. The third-order valence-corrected chi connectivity index (χ3v) is 3.32. The second-order valence-corrected chi connectivity index (χ2v) is 4.82. The van der Waals surface area contributed by atoms with Crippen molar-refractivity contribution in [3.63, 3.8) is 0 Å². The Labute approximate surface area is 137 Å². The number of ether oxygens (including phenoxy) is 1. The number of rotatable bonds is 4. The topological polar surface area (TPSA) is 116 Å². The van der Waals surface area contributed by atoms with Gasteiger partial charge >= 0.3 is 5.97 Å². The average molecular weight is 325 g/mol. The number of nitrogens with two attached hydrogens (primary N) is 1. The van der Waals surface area contributed by atoms with Gasteiger partial charge in [0.15, 0.2) is 11.5 Å². The fraction of sp³-hybridized carbons (Fsp3) is 0.125. The molecule has 0 saturated heterocycles. The van der Waals surface area contributed by atoms with Crippen LogP contribution in [0.25, 0.3) is 22.3 Å². The lowest BCUT2D eigenvalue weighted by Crippen LogP contribution is -2.11. The highest BCUT2D eigenvalue weighted by molar-refractivity contribution is 6.15. The van der Waals surface area contributed by atoms with E-state index in [2.05, 4.69) is 15.1 Å². The summed E-state index contributed by atoms with van der Waals surface area (Å²) in [6.45, 7) is 1.83. The average Bonchev–Trinajstić information content (AvgIpc) is 3.01. The van der Waals surface area contributed by atoms with Crippen LogP contribution in [0.2, 0.25) is 0 Å². The molecule has 0 saturated carbocycles. The van der Waals surface area contributed by atoms with Crippen molar-refractivity contribution in [1.29, 1.82) is 0 Å². The number of benzene rings is 1. The fourth-order valence-corrected chi connectivity index (χ4v) is 2.22. The molecule has 1 aromatic carbocycles. The minimum absolute atomic E-state index is 0.0290. The molecule has 0 radical (unpaired) electrons. The van der Waals surface area contributed by atoms with Gasteiger partial charge in [0.1, 0.15) is 11.4 Å². The Bertz CT molecular complexity index is 918. The number of hydrogen-bond donors (Lipinski definition) is 2. The first-order valence-electron chi connectivity index (χ1n) is 7.24. The second-order valence-electron chi connectivity index (χ2n) is 4.82. The number of hydrogen-bond acceptors (Lipinski definition) is 7. The Kier molecular flexibility index (Phi) is 4.11. The molecule has 0 aliphatic rings. The largest absolute Gasteiger partial charge is 0.515 e. The van der Waals surface area contributed by atoms with Crippen molar-refractivity contribution in [2.24, 2.45) is 0 Å². The van der Waals surface area contributed by atoms with Crippen molar-refractivity contribution in [2.75, 3.05) is 12.3 Å². The standard InChI is InChI=1S/C16H15N5O3/c1-2-24-16(23)12(9-22)14-19-13(17)11-8-18-21(15(11)20-14)10-6-4-3-5-7-10/h3-9,22H,2H2,1H3,(H2,17,19,20)/b12-9-. The van der Waals surface area contributed by atoms with Crippen molar-refractivity contribution in [2.45, 2.75) is 6.92 Å². The van der Waals surface area contributed by atoms with Crippen molar-refractivity contribution in [3.05, 3.63) is 48.6 Å². The molecule has 0 aliphatic heterocycles. The number of carbonyl (C=O) groups excluding carboxylic acids is 1. The predicted octanol–water partition coefficient (Wildman–Crippen LogP) is 1.86. The lowest BCUT2D eigenvalue weighted by Gasteiger charge is -2.07. The van der Waals surface area contributed by atoms with Crippen LogP contribution >= 0.6 is 0 Å². The lowest BCUT2D eigenvalue weighted by atomic mass is 10.2. The minimum Gasteiger partial charge on any atom is -0.515 e. The molecule has 0 amide bonds. The molecule has 0 atom stereocenters. The maximum absolute atomic E-state index is 11.9. The Morgan fingerprint density at radius 3 is 2.75 bits per heavy atom. The van der Waals surface area contributed by atoms with Crippen molar-refractivity contribution < 1.29 is 14.6 Å². The van der Waals surface area contributed by atoms with E-state index in [-0.39, 0.29) is 23.8 Å². The Morgan fingerprint density at radius 2 is 2.08 bits per heavy atom. The molecule has 3 rings (SSSR count). The monoisotopic (exact) mass is 325 g/mol. The van der Waals surface area contributed by atoms with Gasteiger partial charge in [-0.05, 0) is 19.1 Å². The van der Waals surface area contributed by atoms with Crippen LogP contribution in [0.5, 0.6) is 0 Å². The summed E-state index contributed by atoms with van der Waals surface area (Å²) in [5, 5.41) is 14.2. The third kappa shape index (κ3) is 2.65. The highest BCUT2D eigenvalue weighted by atomic mass is 16.5. The first kappa shape index (κ1) is 15.5. The summed E-state index contributed by atoms with van der Waals surface area (Å²) in [5.74, 6) is -0.607. The summed E-state index contributed by atoms with van der Waals surface area (Å²) < 4.78 is 6.47. The number of aromatic nitrogens is 4. The highest BCUT2D eigenvalue weighted by Gasteiger charge is 2.20. The molecule has 2 heterocycles. The predicted molar refractivity (Wildman–Crippen MR) is 88.3 cm³/mol. The number of fused-ring (bicyclic) bond motifs is 1. The van der Waals surface area contributed by atoms with Crippen molar-refractivity contribution in [1.82, 2.24) is 19.7 Å². The van der Waals surface area contributed by atoms with Crippen LogP contribution in [-0.4, -0.2) is 37.4 Å². The molecule has 0 aliphatic carbocycles. The molecule has 8 heteroatoms. The van der Waals surface area contributed by atoms with E-state index in [1.807, 2.05) is 30.3 Å². The zero-order valence-corrected chi connectivity index (χ0v) is 12.9. The quantitative estimate of drug-likeness (QED) is 0.427. The summed E-state index contributed by atoms with van der Waals surface area (Å²) in [4.78, 5) is 20.3. The smallest absolute Gasteiger partial charge is 0.345 e. The van der Waals surface area contributed by atoms with E-state index in [9.17, 15) is 9.90 Å². The van der Waals surface area contributed by atoms with Gasteiger partial charge in [0.25, 0.3) is 0 Å². The molecular formula is C16H15N5O3. The van der Waals surface area contributed by atoms with Gasteiger partial charge in [-0.25, -0.2) is 19.4 Å². The van der Waals surface area contributed by atoms with Crippen LogP contribution in [-0.2, 0) is 9.53 Å². The molecule has 122 valence electrons.